The van der Waals surface area contributed by atoms with Gasteiger partial charge in [0.2, 0.25) is 5.88 Å². The summed E-state index contributed by atoms with van der Waals surface area (Å²) in [4.78, 5) is 16.6. The van der Waals surface area contributed by atoms with E-state index in [2.05, 4.69) is 10.3 Å². The van der Waals surface area contributed by atoms with Crippen LogP contribution in [0.1, 0.15) is 28.8 Å². The molecule has 1 aromatic carbocycles. The summed E-state index contributed by atoms with van der Waals surface area (Å²) in [6, 6.07) is 9.91. The lowest BCUT2D eigenvalue weighted by atomic mass is 10.0. The Morgan fingerprint density at radius 1 is 1.35 bits per heavy atom. The largest absolute Gasteiger partial charge is 0.477 e. The third-order valence-corrected chi connectivity index (χ3v) is 4.39. The molecule has 1 aliphatic rings. The first kappa shape index (κ1) is 18.2. The zero-order valence-corrected chi connectivity index (χ0v) is 14.8. The molecule has 1 fully saturated rings. The van der Waals surface area contributed by atoms with Crippen LogP contribution in [0.15, 0.2) is 36.5 Å². The van der Waals surface area contributed by atoms with Crippen LogP contribution >= 0.6 is 11.6 Å². The SMILES string of the molecule is N#Cc1ccc(Cl)cc1NC(=O)c1ccnc(OCC2CCOCC2)c1. The standard InChI is InChI=1S/C19H18ClN3O3/c20-16-2-1-15(11-21)17(10-16)23-19(24)14-3-6-22-18(9-14)26-12-13-4-7-25-8-5-13/h1-3,6,9-10,13H,4-5,7-8,12H2,(H,23,24). The first-order valence-electron chi connectivity index (χ1n) is 8.33. The molecule has 3 rings (SSSR count). The van der Waals surface area contributed by atoms with Crippen molar-refractivity contribution in [3.63, 3.8) is 0 Å². The van der Waals surface area contributed by atoms with Gasteiger partial charge in [-0.25, -0.2) is 4.98 Å². The van der Waals surface area contributed by atoms with Crippen LogP contribution in [0.25, 0.3) is 0 Å². The maximum Gasteiger partial charge on any atom is 0.255 e. The zero-order valence-electron chi connectivity index (χ0n) is 14.1. The van der Waals surface area contributed by atoms with Gasteiger partial charge in [0.15, 0.2) is 0 Å². The Morgan fingerprint density at radius 3 is 2.92 bits per heavy atom. The number of halogens is 1. The number of nitrogens with zero attached hydrogens (tertiary/aromatic N) is 2. The molecule has 2 heterocycles. The molecule has 0 bridgehead atoms. The van der Waals surface area contributed by atoms with E-state index in [1.807, 2.05) is 6.07 Å². The Labute approximate surface area is 156 Å². The highest BCUT2D eigenvalue weighted by molar-refractivity contribution is 6.31. The summed E-state index contributed by atoms with van der Waals surface area (Å²) in [5, 5.41) is 12.3. The van der Waals surface area contributed by atoms with Crippen molar-refractivity contribution in [1.29, 1.82) is 5.26 Å². The highest BCUT2D eigenvalue weighted by atomic mass is 35.5. The van der Waals surface area contributed by atoms with Gasteiger partial charge in [0.25, 0.3) is 5.91 Å². The number of amides is 1. The number of rotatable bonds is 5. The predicted molar refractivity (Wildman–Crippen MR) is 97.4 cm³/mol. The van der Waals surface area contributed by atoms with Crippen LogP contribution in [-0.4, -0.2) is 30.7 Å². The molecule has 6 nitrogen and oxygen atoms in total. The van der Waals surface area contributed by atoms with Crippen molar-refractivity contribution in [2.75, 3.05) is 25.1 Å². The van der Waals surface area contributed by atoms with Crippen molar-refractivity contribution in [2.45, 2.75) is 12.8 Å². The fourth-order valence-corrected chi connectivity index (χ4v) is 2.83. The van der Waals surface area contributed by atoms with Gasteiger partial charge in [-0.2, -0.15) is 5.26 Å². The van der Waals surface area contributed by atoms with E-state index in [1.165, 1.54) is 6.20 Å². The van der Waals surface area contributed by atoms with Crippen molar-refractivity contribution in [1.82, 2.24) is 4.98 Å². The number of carbonyl (C=O) groups excluding carboxylic acids is 1. The molecule has 1 aliphatic heterocycles. The van der Waals surface area contributed by atoms with Gasteiger partial charge in [0.05, 0.1) is 17.9 Å². The Balaban J connectivity index is 1.66. The molecule has 0 unspecified atom stereocenters. The number of anilines is 1. The van der Waals surface area contributed by atoms with Crippen LogP contribution in [0.2, 0.25) is 5.02 Å². The smallest absolute Gasteiger partial charge is 0.255 e. The topological polar surface area (TPSA) is 84.2 Å². The molecule has 134 valence electrons. The number of nitriles is 1. The fourth-order valence-electron chi connectivity index (χ4n) is 2.66. The molecule has 1 N–H and O–H groups in total. The van der Waals surface area contributed by atoms with E-state index in [1.54, 1.807) is 30.3 Å². The summed E-state index contributed by atoms with van der Waals surface area (Å²) in [6.45, 7) is 2.06. The summed E-state index contributed by atoms with van der Waals surface area (Å²) < 4.78 is 11.1. The third kappa shape index (κ3) is 4.72. The molecule has 0 aliphatic carbocycles. The second-order valence-corrected chi connectivity index (χ2v) is 6.44. The van der Waals surface area contributed by atoms with E-state index in [9.17, 15) is 4.79 Å². The molecule has 0 saturated carbocycles. The van der Waals surface area contributed by atoms with E-state index in [4.69, 9.17) is 26.3 Å². The average molecular weight is 372 g/mol. The number of aromatic nitrogens is 1. The Bertz CT molecular complexity index is 829. The second-order valence-electron chi connectivity index (χ2n) is 6.01. The molecule has 26 heavy (non-hydrogen) atoms. The van der Waals surface area contributed by atoms with E-state index >= 15 is 0 Å². The molecule has 1 aromatic heterocycles. The van der Waals surface area contributed by atoms with Crippen molar-refractivity contribution < 1.29 is 14.3 Å². The molecule has 0 spiro atoms. The maximum absolute atomic E-state index is 12.5. The number of benzene rings is 1. The van der Waals surface area contributed by atoms with Crippen molar-refractivity contribution >= 4 is 23.2 Å². The zero-order chi connectivity index (χ0) is 18.4. The quantitative estimate of drug-likeness (QED) is 0.866. The van der Waals surface area contributed by atoms with E-state index < -0.39 is 0 Å². The highest BCUT2D eigenvalue weighted by Gasteiger charge is 2.16. The molecule has 1 amide bonds. The monoisotopic (exact) mass is 371 g/mol. The molecule has 2 aromatic rings. The summed E-state index contributed by atoms with van der Waals surface area (Å²) in [7, 11) is 0. The van der Waals surface area contributed by atoms with Crippen LogP contribution in [0.5, 0.6) is 5.88 Å². The lowest BCUT2D eigenvalue weighted by molar-refractivity contribution is 0.0490. The number of hydrogen-bond acceptors (Lipinski definition) is 5. The average Bonchev–Trinajstić information content (AvgIpc) is 2.67. The summed E-state index contributed by atoms with van der Waals surface area (Å²) in [5.41, 5.74) is 1.10. The summed E-state index contributed by atoms with van der Waals surface area (Å²) in [6.07, 6.45) is 3.45. The van der Waals surface area contributed by atoms with Gasteiger partial charge in [0.1, 0.15) is 6.07 Å². The number of ether oxygens (including phenoxy) is 2. The Morgan fingerprint density at radius 2 is 2.15 bits per heavy atom. The highest BCUT2D eigenvalue weighted by Crippen LogP contribution is 2.22. The molecule has 7 heteroatoms. The van der Waals surface area contributed by atoms with Crippen LogP contribution in [0, 0.1) is 17.2 Å². The normalized spacial score (nSPS) is 14.5. The van der Waals surface area contributed by atoms with Gasteiger partial charge in [-0.05, 0) is 43.0 Å². The fraction of sp³-hybridized carbons (Fsp3) is 0.316. The van der Waals surface area contributed by atoms with Crippen LogP contribution < -0.4 is 10.1 Å². The van der Waals surface area contributed by atoms with Gasteiger partial charge in [-0.1, -0.05) is 11.6 Å². The minimum absolute atomic E-state index is 0.341. The number of hydrogen-bond donors (Lipinski definition) is 1. The van der Waals surface area contributed by atoms with Gasteiger partial charge in [0, 0.05) is 36.1 Å². The molecular weight excluding hydrogens is 354 g/mol. The maximum atomic E-state index is 12.5. The number of carbonyl (C=O) groups is 1. The van der Waals surface area contributed by atoms with Gasteiger partial charge < -0.3 is 14.8 Å². The molecular formula is C19H18ClN3O3. The molecule has 0 radical (unpaired) electrons. The first-order chi connectivity index (χ1) is 12.7. The van der Waals surface area contributed by atoms with Gasteiger partial charge in [-0.15, -0.1) is 0 Å². The van der Waals surface area contributed by atoms with Crippen molar-refractivity contribution in [2.24, 2.45) is 5.92 Å². The van der Waals surface area contributed by atoms with E-state index in [0.29, 0.717) is 40.2 Å². The summed E-state index contributed by atoms with van der Waals surface area (Å²) in [5.74, 6) is 0.477. The molecule has 1 saturated heterocycles. The lowest BCUT2D eigenvalue weighted by Crippen LogP contribution is -2.21. The molecule has 0 atom stereocenters. The van der Waals surface area contributed by atoms with E-state index in [-0.39, 0.29) is 5.91 Å². The first-order valence-corrected chi connectivity index (χ1v) is 8.71. The predicted octanol–water partition coefficient (Wildman–Crippen LogP) is 3.66. The van der Waals surface area contributed by atoms with Gasteiger partial charge >= 0.3 is 0 Å². The lowest BCUT2D eigenvalue weighted by Gasteiger charge is -2.21. The van der Waals surface area contributed by atoms with Crippen LogP contribution in [0.3, 0.4) is 0 Å². The van der Waals surface area contributed by atoms with E-state index in [0.717, 1.165) is 26.1 Å². The number of nitrogens with one attached hydrogen (secondary N) is 1. The number of pyridine rings is 1. The summed E-state index contributed by atoms with van der Waals surface area (Å²) >= 11 is 5.94. The third-order valence-electron chi connectivity index (χ3n) is 4.16. The Kier molecular flexibility index (Phi) is 6.05. The van der Waals surface area contributed by atoms with Crippen LogP contribution in [-0.2, 0) is 4.74 Å². The minimum Gasteiger partial charge on any atom is -0.477 e. The Hall–Kier alpha value is -2.62. The van der Waals surface area contributed by atoms with Crippen LogP contribution in [0.4, 0.5) is 5.69 Å². The minimum atomic E-state index is -0.359. The van der Waals surface area contributed by atoms with Crippen molar-refractivity contribution in [3.05, 3.63) is 52.7 Å². The second kappa shape index (κ2) is 8.65. The van der Waals surface area contributed by atoms with Gasteiger partial charge in [-0.3, -0.25) is 4.79 Å². The van der Waals surface area contributed by atoms with Crippen molar-refractivity contribution in [3.8, 4) is 11.9 Å².